The normalized spacial score (nSPS) is 28.1. The van der Waals surface area contributed by atoms with Crippen molar-refractivity contribution in [1.29, 1.82) is 0 Å². The summed E-state index contributed by atoms with van der Waals surface area (Å²) in [4.78, 5) is 0. The highest BCUT2D eigenvalue weighted by Crippen LogP contribution is 2.12. The van der Waals surface area contributed by atoms with Gasteiger partial charge in [-0.2, -0.15) is 0 Å². The summed E-state index contributed by atoms with van der Waals surface area (Å²) in [5.41, 5.74) is 0. The number of rotatable bonds is 2. The van der Waals surface area contributed by atoms with Gasteiger partial charge in [-0.25, -0.2) is 0 Å². The minimum Gasteiger partial charge on any atom is -0.314 e. The van der Waals surface area contributed by atoms with Gasteiger partial charge in [0.15, 0.2) is 0 Å². The first kappa shape index (κ1) is 6.09. The second-order valence-corrected chi connectivity index (χ2v) is 3.07. The molecule has 0 spiro atoms. The monoisotopic (exact) mass is 113 g/mol. The Balaban J connectivity index is 2.01. The summed E-state index contributed by atoms with van der Waals surface area (Å²) in [5, 5.41) is 3.38. The third kappa shape index (κ3) is 1.48. The van der Waals surface area contributed by atoms with Crippen molar-refractivity contribution in [2.24, 2.45) is 5.92 Å². The van der Waals surface area contributed by atoms with Gasteiger partial charge in [-0.05, 0) is 25.3 Å². The van der Waals surface area contributed by atoms with Crippen LogP contribution in [-0.2, 0) is 0 Å². The molecule has 1 N–H and O–H groups in total. The zero-order valence-electron chi connectivity index (χ0n) is 5.78. The second-order valence-electron chi connectivity index (χ2n) is 3.07. The van der Waals surface area contributed by atoms with Crippen molar-refractivity contribution in [2.75, 3.05) is 6.54 Å². The third-order valence-corrected chi connectivity index (χ3v) is 1.68. The van der Waals surface area contributed by atoms with Crippen LogP contribution in [0.3, 0.4) is 0 Å². The molecule has 1 aliphatic rings. The maximum atomic E-state index is 3.38. The summed E-state index contributed by atoms with van der Waals surface area (Å²) in [6, 6.07) is 0.856. The zero-order chi connectivity index (χ0) is 5.98. The van der Waals surface area contributed by atoms with E-state index in [0.29, 0.717) is 0 Å². The Morgan fingerprint density at radius 3 is 2.38 bits per heavy atom. The molecule has 1 fully saturated rings. The van der Waals surface area contributed by atoms with Crippen LogP contribution in [0.4, 0.5) is 0 Å². The van der Waals surface area contributed by atoms with E-state index in [2.05, 4.69) is 19.2 Å². The number of hydrogen-bond acceptors (Lipinski definition) is 1. The first-order chi connectivity index (χ1) is 3.79. The topological polar surface area (TPSA) is 12.0 Å². The van der Waals surface area contributed by atoms with Crippen LogP contribution in [0.1, 0.15) is 26.7 Å². The third-order valence-electron chi connectivity index (χ3n) is 1.68. The first-order valence-electron chi connectivity index (χ1n) is 3.52. The van der Waals surface area contributed by atoms with Gasteiger partial charge >= 0.3 is 0 Å². The molecular formula is C7H15N. The SMILES string of the molecule is CC(C)C[C@H]1CCN1. The standard InChI is InChI=1S/C7H15N/c1-6(2)5-7-3-4-8-7/h6-8H,3-5H2,1-2H3/t7-/m1/s1. The van der Waals surface area contributed by atoms with E-state index in [9.17, 15) is 0 Å². The van der Waals surface area contributed by atoms with Crippen molar-refractivity contribution < 1.29 is 0 Å². The van der Waals surface area contributed by atoms with Crippen molar-refractivity contribution in [3.05, 3.63) is 0 Å². The highest BCUT2D eigenvalue weighted by molar-refractivity contribution is 4.77. The van der Waals surface area contributed by atoms with Crippen LogP contribution in [0.5, 0.6) is 0 Å². The predicted molar refractivity (Wildman–Crippen MR) is 35.9 cm³/mol. The van der Waals surface area contributed by atoms with Gasteiger partial charge in [-0.3, -0.25) is 0 Å². The van der Waals surface area contributed by atoms with E-state index in [1.54, 1.807) is 0 Å². The van der Waals surface area contributed by atoms with Gasteiger partial charge in [0.05, 0.1) is 0 Å². The lowest BCUT2D eigenvalue weighted by Crippen LogP contribution is -2.43. The molecule has 0 amide bonds. The lowest BCUT2D eigenvalue weighted by atomic mass is 9.96. The number of hydrogen-bond donors (Lipinski definition) is 1. The van der Waals surface area contributed by atoms with Gasteiger partial charge in [-0.15, -0.1) is 0 Å². The maximum absolute atomic E-state index is 3.38. The van der Waals surface area contributed by atoms with Gasteiger partial charge in [0.25, 0.3) is 0 Å². The van der Waals surface area contributed by atoms with Gasteiger partial charge in [0, 0.05) is 6.04 Å². The zero-order valence-corrected chi connectivity index (χ0v) is 5.78. The number of nitrogens with one attached hydrogen (secondary N) is 1. The Hall–Kier alpha value is -0.0400. The summed E-state index contributed by atoms with van der Waals surface area (Å²) >= 11 is 0. The van der Waals surface area contributed by atoms with E-state index < -0.39 is 0 Å². The van der Waals surface area contributed by atoms with Crippen LogP contribution < -0.4 is 5.32 Å². The quantitative estimate of drug-likeness (QED) is 0.570. The molecule has 0 aromatic carbocycles. The van der Waals surface area contributed by atoms with Crippen LogP contribution >= 0.6 is 0 Å². The summed E-state index contributed by atoms with van der Waals surface area (Å²) in [6.45, 7) is 5.80. The van der Waals surface area contributed by atoms with E-state index in [1.807, 2.05) is 0 Å². The van der Waals surface area contributed by atoms with Crippen LogP contribution in [0.25, 0.3) is 0 Å². The molecule has 1 atom stereocenters. The molecule has 1 nitrogen and oxygen atoms in total. The van der Waals surface area contributed by atoms with Crippen LogP contribution in [-0.4, -0.2) is 12.6 Å². The van der Waals surface area contributed by atoms with Crippen LogP contribution in [0.2, 0.25) is 0 Å². The molecule has 1 rings (SSSR count). The minimum absolute atomic E-state index is 0.856. The van der Waals surface area contributed by atoms with E-state index in [1.165, 1.54) is 19.4 Å². The van der Waals surface area contributed by atoms with Gasteiger partial charge in [0.1, 0.15) is 0 Å². The largest absolute Gasteiger partial charge is 0.314 e. The summed E-state index contributed by atoms with van der Waals surface area (Å²) < 4.78 is 0. The maximum Gasteiger partial charge on any atom is 0.00815 e. The molecule has 8 heavy (non-hydrogen) atoms. The second kappa shape index (κ2) is 2.49. The molecular weight excluding hydrogens is 98.1 g/mol. The molecule has 0 aliphatic carbocycles. The molecule has 0 aromatic heterocycles. The van der Waals surface area contributed by atoms with Crippen molar-refractivity contribution in [3.8, 4) is 0 Å². The predicted octanol–water partition coefficient (Wildman–Crippen LogP) is 1.39. The van der Waals surface area contributed by atoms with Crippen LogP contribution in [0.15, 0.2) is 0 Å². The lowest BCUT2D eigenvalue weighted by molar-refractivity contribution is 0.316. The van der Waals surface area contributed by atoms with E-state index in [0.717, 1.165) is 12.0 Å². The lowest BCUT2D eigenvalue weighted by Gasteiger charge is -2.28. The fourth-order valence-electron chi connectivity index (χ4n) is 1.12. The minimum atomic E-state index is 0.856. The van der Waals surface area contributed by atoms with E-state index in [-0.39, 0.29) is 0 Å². The van der Waals surface area contributed by atoms with E-state index in [4.69, 9.17) is 0 Å². The fourth-order valence-corrected chi connectivity index (χ4v) is 1.12. The summed E-state index contributed by atoms with van der Waals surface area (Å²) in [5.74, 6) is 0.868. The Labute approximate surface area is 51.5 Å². The summed E-state index contributed by atoms with van der Waals surface area (Å²) in [7, 11) is 0. The smallest absolute Gasteiger partial charge is 0.00815 e. The van der Waals surface area contributed by atoms with Crippen molar-refractivity contribution in [3.63, 3.8) is 0 Å². The Kier molecular flexibility index (Phi) is 1.90. The highest BCUT2D eigenvalue weighted by atomic mass is 15.0. The molecule has 0 aromatic rings. The molecule has 0 saturated carbocycles. The molecule has 0 radical (unpaired) electrons. The fraction of sp³-hybridized carbons (Fsp3) is 1.00. The van der Waals surface area contributed by atoms with Gasteiger partial charge in [0.2, 0.25) is 0 Å². The molecule has 1 aliphatic heterocycles. The average molecular weight is 113 g/mol. The molecule has 1 heteroatoms. The Morgan fingerprint density at radius 1 is 1.62 bits per heavy atom. The Morgan fingerprint density at radius 2 is 2.25 bits per heavy atom. The van der Waals surface area contributed by atoms with E-state index >= 15 is 0 Å². The molecule has 1 saturated heterocycles. The van der Waals surface area contributed by atoms with Crippen molar-refractivity contribution in [1.82, 2.24) is 5.32 Å². The summed E-state index contributed by atoms with van der Waals surface area (Å²) in [6.07, 6.45) is 2.76. The first-order valence-corrected chi connectivity index (χ1v) is 3.52. The highest BCUT2D eigenvalue weighted by Gasteiger charge is 2.16. The molecule has 0 unspecified atom stereocenters. The average Bonchev–Trinajstić information content (AvgIpc) is 1.55. The van der Waals surface area contributed by atoms with Crippen molar-refractivity contribution in [2.45, 2.75) is 32.7 Å². The van der Waals surface area contributed by atoms with Crippen LogP contribution in [0, 0.1) is 5.92 Å². The van der Waals surface area contributed by atoms with Gasteiger partial charge < -0.3 is 5.32 Å². The Bertz CT molecular complexity index is 64.8. The van der Waals surface area contributed by atoms with Gasteiger partial charge in [-0.1, -0.05) is 13.8 Å². The molecule has 48 valence electrons. The molecule has 1 heterocycles. The van der Waals surface area contributed by atoms with Crippen molar-refractivity contribution >= 4 is 0 Å². The molecule has 0 bridgehead atoms.